The lowest BCUT2D eigenvalue weighted by Crippen LogP contribution is -2.21. The smallest absolute Gasteiger partial charge is 0.212 e. The van der Waals surface area contributed by atoms with Crippen LogP contribution in [0.2, 0.25) is 10.0 Å². The van der Waals surface area contributed by atoms with Gasteiger partial charge in [0.1, 0.15) is 12.4 Å². The van der Waals surface area contributed by atoms with Crippen LogP contribution < -0.4 is 9.88 Å². The van der Waals surface area contributed by atoms with Crippen molar-refractivity contribution in [3.63, 3.8) is 0 Å². The molecule has 0 unspecified atom stereocenters. The molecule has 1 rings (SSSR count). The molecular weight excluding hydrogens is 261 g/mol. The summed E-state index contributed by atoms with van der Waals surface area (Å²) in [6.07, 6.45) is 0. The van der Waals surface area contributed by atoms with Gasteiger partial charge in [0.2, 0.25) is 10.0 Å². The van der Waals surface area contributed by atoms with Crippen LogP contribution in [-0.4, -0.2) is 20.8 Å². The van der Waals surface area contributed by atoms with Crippen molar-refractivity contribution >= 4 is 33.2 Å². The van der Waals surface area contributed by atoms with Gasteiger partial charge in [-0.1, -0.05) is 23.2 Å². The standard InChI is InChI=1S/C8H9Cl2NO3S/c9-6-3-7(10)5-8(4-6)14-1-2-15(11,12)13/h3-5H,1-2H2,(H2,11,12,13). The molecule has 0 saturated heterocycles. The summed E-state index contributed by atoms with van der Waals surface area (Å²) in [5, 5.41) is 5.65. The molecule has 1 aromatic carbocycles. The maximum atomic E-state index is 10.6. The fourth-order valence-corrected chi connectivity index (χ4v) is 1.71. The first-order chi connectivity index (χ1) is 6.87. The molecule has 1 aromatic rings. The van der Waals surface area contributed by atoms with Gasteiger partial charge in [0.05, 0.1) is 5.75 Å². The van der Waals surface area contributed by atoms with E-state index in [2.05, 4.69) is 0 Å². The number of ether oxygens (including phenoxy) is 1. The summed E-state index contributed by atoms with van der Waals surface area (Å²) in [4.78, 5) is 0. The van der Waals surface area contributed by atoms with Gasteiger partial charge in [0, 0.05) is 10.0 Å². The molecule has 0 atom stereocenters. The fraction of sp³-hybridized carbons (Fsp3) is 0.250. The van der Waals surface area contributed by atoms with Crippen molar-refractivity contribution in [1.29, 1.82) is 0 Å². The molecule has 0 fully saturated rings. The third kappa shape index (κ3) is 5.22. The highest BCUT2D eigenvalue weighted by molar-refractivity contribution is 7.89. The molecule has 84 valence electrons. The Balaban J connectivity index is 2.58. The molecule has 0 saturated carbocycles. The van der Waals surface area contributed by atoms with Gasteiger partial charge in [0.15, 0.2) is 0 Å². The molecule has 4 nitrogen and oxygen atoms in total. The topological polar surface area (TPSA) is 69.4 Å². The van der Waals surface area contributed by atoms with Gasteiger partial charge >= 0.3 is 0 Å². The number of sulfonamides is 1. The van der Waals surface area contributed by atoms with Crippen LogP contribution in [0, 0.1) is 0 Å². The predicted molar refractivity (Wildman–Crippen MR) is 59.9 cm³/mol. The van der Waals surface area contributed by atoms with Crippen molar-refractivity contribution in [1.82, 2.24) is 0 Å². The van der Waals surface area contributed by atoms with E-state index in [4.69, 9.17) is 33.1 Å². The number of hydrogen-bond donors (Lipinski definition) is 1. The maximum Gasteiger partial charge on any atom is 0.212 e. The van der Waals surface area contributed by atoms with Crippen molar-refractivity contribution in [2.45, 2.75) is 0 Å². The quantitative estimate of drug-likeness (QED) is 0.904. The van der Waals surface area contributed by atoms with E-state index in [1.165, 1.54) is 12.1 Å². The number of hydrogen-bond acceptors (Lipinski definition) is 3. The summed E-state index contributed by atoms with van der Waals surface area (Å²) < 4.78 is 26.3. The first kappa shape index (κ1) is 12.6. The Labute approximate surface area is 98.0 Å². The molecule has 0 bridgehead atoms. The van der Waals surface area contributed by atoms with Gasteiger partial charge in [-0.3, -0.25) is 0 Å². The zero-order valence-electron chi connectivity index (χ0n) is 7.61. The molecular formula is C8H9Cl2NO3S. The van der Waals surface area contributed by atoms with Crippen molar-refractivity contribution < 1.29 is 13.2 Å². The lowest BCUT2D eigenvalue weighted by molar-refractivity contribution is 0.341. The maximum absolute atomic E-state index is 10.6. The monoisotopic (exact) mass is 269 g/mol. The van der Waals surface area contributed by atoms with Crippen LogP contribution in [0.3, 0.4) is 0 Å². The number of nitrogens with two attached hydrogens (primary N) is 1. The Kier molecular flexibility index (Phi) is 4.21. The van der Waals surface area contributed by atoms with E-state index in [0.29, 0.717) is 15.8 Å². The van der Waals surface area contributed by atoms with E-state index >= 15 is 0 Å². The zero-order valence-corrected chi connectivity index (χ0v) is 9.94. The van der Waals surface area contributed by atoms with E-state index in [9.17, 15) is 8.42 Å². The highest BCUT2D eigenvalue weighted by Crippen LogP contribution is 2.23. The van der Waals surface area contributed by atoms with Crippen LogP contribution >= 0.6 is 23.2 Å². The molecule has 0 aliphatic heterocycles. The second-order valence-electron chi connectivity index (χ2n) is 2.82. The molecule has 0 radical (unpaired) electrons. The van der Waals surface area contributed by atoms with Crippen molar-refractivity contribution in [2.24, 2.45) is 5.14 Å². The number of halogens is 2. The van der Waals surface area contributed by atoms with Crippen molar-refractivity contribution in [3.8, 4) is 5.75 Å². The summed E-state index contributed by atoms with van der Waals surface area (Å²) in [5.74, 6) is 0.160. The van der Waals surface area contributed by atoms with Crippen LogP contribution in [-0.2, 0) is 10.0 Å². The summed E-state index contributed by atoms with van der Waals surface area (Å²) in [7, 11) is -3.51. The highest BCUT2D eigenvalue weighted by atomic mass is 35.5. The first-order valence-electron chi connectivity index (χ1n) is 3.96. The minimum Gasteiger partial charge on any atom is -0.492 e. The van der Waals surface area contributed by atoms with Crippen LogP contribution in [0.5, 0.6) is 5.75 Å². The molecule has 0 spiro atoms. The van der Waals surface area contributed by atoms with Crippen LogP contribution in [0.25, 0.3) is 0 Å². The number of benzene rings is 1. The Morgan fingerprint density at radius 3 is 2.20 bits per heavy atom. The van der Waals surface area contributed by atoms with Crippen molar-refractivity contribution in [3.05, 3.63) is 28.2 Å². The first-order valence-corrected chi connectivity index (χ1v) is 6.43. The minimum absolute atomic E-state index is 0.0322. The molecule has 7 heteroatoms. The molecule has 0 aliphatic rings. The summed E-state index contributed by atoms with van der Waals surface area (Å²) in [6.45, 7) is -0.0322. The summed E-state index contributed by atoms with van der Waals surface area (Å²) in [6, 6.07) is 4.63. The fourth-order valence-electron chi connectivity index (χ4n) is 0.888. The van der Waals surface area contributed by atoms with Crippen LogP contribution in [0.4, 0.5) is 0 Å². The molecule has 2 N–H and O–H groups in total. The van der Waals surface area contributed by atoms with Crippen LogP contribution in [0.1, 0.15) is 0 Å². The normalized spacial score (nSPS) is 11.4. The number of rotatable bonds is 4. The third-order valence-electron chi connectivity index (χ3n) is 1.47. The van der Waals surface area contributed by atoms with Crippen LogP contribution in [0.15, 0.2) is 18.2 Å². The Morgan fingerprint density at radius 1 is 1.20 bits per heavy atom. The minimum atomic E-state index is -3.51. The van der Waals surface area contributed by atoms with Gasteiger partial charge in [-0.05, 0) is 18.2 Å². The Bertz CT molecular complexity index is 427. The van der Waals surface area contributed by atoms with E-state index in [1.807, 2.05) is 0 Å². The molecule has 0 amide bonds. The lowest BCUT2D eigenvalue weighted by atomic mass is 10.3. The number of primary sulfonamides is 1. The third-order valence-corrected chi connectivity index (χ3v) is 2.64. The van der Waals surface area contributed by atoms with Gasteiger partial charge in [0.25, 0.3) is 0 Å². The van der Waals surface area contributed by atoms with E-state index < -0.39 is 10.0 Å². The van der Waals surface area contributed by atoms with Gasteiger partial charge in [-0.25, -0.2) is 13.6 Å². The average molecular weight is 270 g/mol. The highest BCUT2D eigenvalue weighted by Gasteiger charge is 2.04. The summed E-state index contributed by atoms with van der Waals surface area (Å²) >= 11 is 11.4. The lowest BCUT2D eigenvalue weighted by Gasteiger charge is -2.05. The van der Waals surface area contributed by atoms with E-state index in [0.717, 1.165) is 0 Å². The second kappa shape index (κ2) is 5.03. The van der Waals surface area contributed by atoms with Crippen molar-refractivity contribution in [2.75, 3.05) is 12.4 Å². The Hall–Kier alpha value is -0.490. The average Bonchev–Trinajstić information content (AvgIpc) is 1.99. The Morgan fingerprint density at radius 2 is 1.73 bits per heavy atom. The van der Waals surface area contributed by atoms with E-state index in [1.54, 1.807) is 6.07 Å². The van der Waals surface area contributed by atoms with Gasteiger partial charge in [-0.2, -0.15) is 0 Å². The van der Waals surface area contributed by atoms with Gasteiger partial charge < -0.3 is 4.74 Å². The second-order valence-corrected chi connectivity index (χ2v) is 5.43. The van der Waals surface area contributed by atoms with Gasteiger partial charge in [-0.15, -0.1) is 0 Å². The molecule has 15 heavy (non-hydrogen) atoms. The molecule has 0 heterocycles. The molecule has 0 aromatic heterocycles. The summed E-state index contributed by atoms with van der Waals surface area (Å²) in [5.41, 5.74) is 0. The van der Waals surface area contributed by atoms with E-state index in [-0.39, 0.29) is 12.4 Å². The largest absolute Gasteiger partial charge is 0.492 e. The zero-order chi connectivity index (χ0) is 11.5. The molecule has 0 aliphatic carbocycles. The predicted octanol–water partition coefficient (Wildman–Crippen LogP) is 1.66. The SMILES string of the molecule is NS(=O)(=O)CCOc1cc(Cl)cc(Cl)c1.